The van der Waals surface area contributed by atoms with Crippen LogP contribution in [-0.2, 0) is 26.0 Å². The van der Waals surface area contributed by atoms with Crippen LogP contribution in [0.25, 0.3) is 0 Å². The Bertz CT molecular complexity index is 654. The van der Waals surface area contributed by atoms with Gasteiger partial charge in [-0.1, -0.05) is 12.1 Å². The number of rotatable bonds is 6. The third kappa shape index (κ3) is 4.54. The molecule has 0 atom stereocenters. The number of hydrogen-bond donors (Lipinski definition) is 2. The minimum absolute atomic E-state index is 0.0684. The third-order valence-corrected chi connectivity index (χ3v) is 5.34. The van der Waals surface area contributed by atoms with E-state index in [1.807, 2.05) is 0 Å². The summed E-state index contributed by atoms with van der Waals surface area (Å²) in [6.07, 6.45) is 0.631. The maximum Gasteiger partial charge on any atom is 0.307 e. The predicted octanol–water partition coefficient (Wildman–Crippen LogP) is 0.678. The van der Waals surface area contributed by atoms with E-state index < -0.39 is 16.0 Å². The van der Waals surface area contributed by atoms with E-state index in [2.05, 4.69) is 5.32 Å². The lowest BCUT2D eigenvalue weighted by atomic mass is 10.1. The fourth-order valence-corrected chi connectivity index (χ4v) is 3.80. The molecule has 0 spiro atoms. The molecule has 1 aromatic rings. The van der Waals surface area contributed by atoms with Gasteiger partial charge in [0.1, 0.15) is 0 Å². The van der Waals surface area contributed by atoms with Gasteiger partial charge >= 0.3 is 5.97 Å². The lowest BCUT2D eigenvalue weighted by Gasteiger charge is -2.13. The molecule has 0 radical (unpaired) electrons. The monoisotopic (exact) mass is 326 g/mol. The van der Waals surface area contributed by atoms with E-state index in [1.54, 1.807) is 24.3 Å². The van der Waals surface area contributed by atoms with Crippen molar-refractivity contribution >= 4 is 27.6 Å². The Kier molecular flexibility index (Phi) is 5.15. The van der Waals surface area contributed by atoms with Crippen molar-refractivity contribution in [2.45, 2.75) is 19.3 Å². The number of carboxylic acids is 1. The van der Waals surface area contributed by atoms with E-state index in [9.17, 15) is 18.0 Å². The summed E-state index contributed by atoms with van der Waals surface area (Å²) in [6.45, 7) is 0.658. The highest BCUT2D eigenvalue weighted by atomic mass is 32.2. The van der Waals surface area contributed by atoms with Crippen LogP contribution < -0.4 is 5.32 Å². The van der Waals surface area contributed by atoms with Crippen LogP contribution in [0.1, 0.15) is 18.4 Å². The number of nitrogens with zero attached hydrogens (tertiary/aromatic N) is 1. The molecule has 1 heterocycles. The molecule has 120 valence electrons. The predicted molar refractivity (Wildman–Crippen MR) is 81.0 cm³/mol. The van der Waals surface area contributed by atoms with E-state index in [1.165, 1.54) is 4.31 Å². The highest BCUT2D eigenvalue weighted by molar-refractivity contribution is 7.89. The van der Waals surface area contributed by atoms with Crippen molar-refractivity contribution in [1.82, 2.24) is 4.31 Å². The number of nitrogens with one attached hydrogen (secondary N) is 1. The van der Waals surface area contributed by atoms with E-state index in [0.29, 0.717) is 24.2 Å². The first kappa shape index (κ1) is 16.4. The minimum Gasteiger partial charge on any atom is -0.481 e. The minimum atomic E-state index is -3.18. The van der Waals surface area contributed by atoms with Crippen molar-refractivity contribution in [2.24, 2.45) is 0 Å². The number of sulfonamides is 1. The molecule has 8 heteroatoms. The molecule has 0 saturated carbocycles. The standard InChI is InChI=1S/C14H18N2O5S/c17-13(6-8-16-7-1-9-22(16,20)21)15-12-4-2-11(3-5-12)10-14(18)19/h2-5H,1,6-10H2,(H,15,17)(H,18,19). The Labute approximate surface area is 129 Å². The van der Waals surface area contributed by atoms with Crippen molar-refractivity contribution in [2.75, 3.05) is 24.2 Å². The molecule has 0 unspecified atom stereocenters. The summed E-state index contributed by atoms with van der Waals surface area (Å²) < 4.78 is 24.5. The highest BCUT2D eigenvalue weighted by Gasteiger charge is 2.28. The largest absolute Gasteiger partial charge is 0.481 e. The van der Waals surface area contributed by atoms with Gasteiger partial charge in [0.2, 0.25) is 15.9 Å². The molecule has 1 aliphatic heterocycles. The van der Waals surface area contributed by atoms with Crippen LogP contribution in [0.3, 0.4) is 0 Å². The summed E-state index contributed by atoms with van der Waals surface area (Å²) in [5.41, 5.74) is 1.21. The lowest BCUT2D eigenvalue weighted by molar-refractivity contribution is -0.136. The fraction of sp³-hybridized carbons (Fsp3) is 0.429. The molecule has 0 aliphatic carbocycles. The van der Waals surface area contributed by atoms with Crippen molar-refractivity contribution in [3.8, 4) is 0 Å². The van der Waals surface area contributed by atoms with Crippen molar-refractivity contribution < 1.29 is 23.1 Å². The second-order valence-corrected chi connectivity index (χ2v) is 7.22. The van der Waals surface area contributed by atoms with Crippen molar-refractivity contribution in [3.63, 3.8) is 0 Å². The van der Waals surface area contributed by atoms with Crippen molar-refractivity contribution in [1.29, 1.82) is 0 Å². The number of amides is 1. The molecule has 1 amide bonds. The van der Waals surface area contributed by atoms with Gasteiger partial charge in [0, 0.05) is 25.2 Å². The first-order valence-electron chi connectivity index (χ1n) is 6.95. The summed E-state index contributed by atoms with van der Waals surface area (Å²) in [4.78, 5) is 22.4. The van der Waals surface area contributed by atoms with Gasteiger partial charge in [-0.25, -0.2) is 12.7 Å². The second-order valence-electron chi connectivity index (χ2n) is 5.13. The topological polar surface area (TPSA) is 104 Å². The van der Waals surface area contributed by atoms with Crippen LogP contribution in [0.4, 0.5) is 5.69 Å². The van der Waals surface area contributed by atoms with E-state index in [-0.39, 0.29) is 31.0 Å². The van der Waals surface area contributed by atoms with Crippen LogP contribution in [0, 0.1) is 0 Å². The zero-order chi connectivity index (χ0) is 16.2. The Morgan fingerprint density at radius 3 is 2.45 bits per heavy atom. The zero-order valence-corrected chi connectivity index (χ0v) is 12.8. The molecule has 7 nitrogen and oxygen atoms in total. The second kappa shape index (κ2) is 6.89. The number of carboxylic acid groups (broad SMARTS) is 1. The summed E-state index contributed by atoms with van der Waals surface area (Å²) >= 11 is 0. The van der Waals surface area contributed by atoms with Crippen molar-refractivity contribution in [3.05, 3.63) is 29.8 Å². The number of benzene rings is 1. The van der Waals surface area contributed by atoms with Gasteiger partial charge in [-0.2, -0.15) is 0 Å². The first-order chi connectivity index (χ1) is 10.4. The molecule has 2 rings (SSSR count). The van der Waals surface area contributed by atoms with E-state index in [0.717, 1.165) is 0 Å². The SMILES string of the molecule is O=C(O)Cc1ccc(NC(=O)CCN2CCCS2(=O)=O)cc1. The molecule has 0 bridgehead atoms. The molecular formula is C14H18N2O5S. The summed E-state index contributed by atoms with van der Waals surface area (Å²) in [5, 5.41) is 11.3. The normalized spacial score (nSPS) is 17.3. The molecule has 2 N–H and O–H groups in total. The van der Waals surface area contributed by atoms with Crippen LogP contribution in [0.5, 0.6) is 0 Å². The molecule has 1 aromatic carbocycles. The molecular weight excluding hydrogens is 308 g/mol. The van der Waals surface area contributed by atoms with Gasteiger partial charge < -0.3 is 10.4 Å². The van der Waals surface area contributed by atoms with Gasteiger partial charge in [0.25, 0.3) is 0 Å². The quantitative estimate of drug-likeness (QED) is 0.800. The van der Waals surface area contributed by atoms with Crippen LogP contribution >= 0.6 is 0 Å². The number of carbonyl (C=O) groups is 2. The average Bonchev–Trinajstić information content (AvgIpc) is 2.77. The van der Waals surface area contributed by atoms with Crippen LogP contribution in [0.2, 0.25) is 0 Å². The Morgan fingerprint density at radius 2 is 1.91 bits per heavy atom. The molecule has 0 aromatic heterocycles. The summed E-state index contributed by atoms with van der Waals surface area (Å²) in [6, 6.07) is 6.52. The van der Waals surface area contributed by atoms with Gasteiger partial charge in [-0.15, -0.1) is 0 Å². The van der Waals surface area contributed by atoms with Gasteiger partial charge in [-0.05, 0) is 24.1 Å². The van der Waals surface area contributed by atoms with Gasteiger partial charge in [-0.3, -0.25) is 9.59 Å². The smallest absolute Gasteiger partial charge is 0.307 e. The van der Waals surface area contributed by atoms with Crippen LogP contribution in [0.15, 0.2) is 24.3 Å². The Hall–Kier alpha value is -1.93. The number of aliphatic carboxylic acids is 1. The maximum absolute atomic E-state index is 11.8. The summed E-state index contributed by atoms with van der Waals surface area (Å²) in [7, 11) is -3.18. The zero-order valence-electron chi connectivity index (χ0n) is 12.0. The van der Waals surface area contributed by atoms with Gasteiger partial charge in [0.15, 0.2) is 0 Å². The Morgan fingerprint density at radius 1 is 1.23 bits per heavy atom. The average molecular weight is 326 g/mol. The fourth-order valence-electron chi connectivity index (χ4n) is 2.27. The highest BCUT2D eigenvalue weighted by Crippen LogP contribution is 2.14. The molecule has 1 aliphatic rings. The number of anilines is 1. The van der Waals surface area contributed by atoms with E-state index >= 15 is 0 Å². The van der Waals surface area contributed by atoms with Gasteiger partial charge in [0.05, 0.1) is 12.2 Å². The molecule has 1 saturated heterocycles. The molecule has 1 fully saturated rings. The van der Waals surface area contributed by atoms with E-state index in [4.69, 9.17) is 5.11 Å². The lowest BCUT2D eigenvalue weighted by Crippen LogP contribution is -2.29. The maximum atomic E-state index is 11.8. The van der Waals surface area contributed by atoms with Crippen LogP contribution in [-0.4, -0.2) is 48.5 Å². The molecule has 22 heavy (non-hydrogen) atoms. The summed E-state index contributed by atoms with van der Waals surface area (Å²) in [5.74, 6) is -1.03. The number of carbonyl (C=O) groups excluding carboxylic acids is 1. The Balaban J connectivity index is 1.83. The third-order valence-electron chi connectivity index (χ3n) is 3.38. The first-order valence-corrected chi connectivity index (χ1v) is 8.56. The number of hydrogen-bond acceptors (Lipinski definition) is 4.